The number of hydrogen-bond donors (Lipinski definition) is 1. The summed E-state index contributed by atoms with van der Waals surface area (Å²) in [6, 6.07) is 18.4. The second kappa shape index (κ2) is 8.96. The molecule has 0 bridgehead atoms. The standard InChI is InChI=1S/C19H22N2OS/c1-3-12-20-19(23)21(14-16-8-5-4-6-9-16)15-17-10-7-11-18(13-17)22-2/h3-11,13H,1,12,14-15H2,2H3,(H,20,23). The van der Waals surface area contributed by atoms with Gasteiger partial charge in [-0.15, -0.1) is 6.58 Å². The molecule has 0 fully saturated rings. The maximum atomic E-state index is 5.54. The van der Waals surface area contributed by atoms with Crippen molar-refractivity contribution in [3.8, 4) is 5.75 Å². The molecule has 0 saturated heterocycles. The van der Waals surface area contributed by atoms with Gasteiger partial charge in [-0.1, -0.05) is 48.5 Å². The second-order valence-corrected chi connectivity index (χ2v) is 5.55. The van der Waals surface area contributed by atoms with Gasteiger partial charge in [0.1, 0.15) is 5.75 Å². The van der Waals surface area contributed by atoms with Gasteiger partial charge in [0.15, 0.2) is 5.11 Å². The number of methoxy groups -OCH3 is 1. The summed E-state index contributed by atoms with van der Waals surface area (Å²) in [4.78, 5) is 2.14. The molecule has 0 aliphatic rings. The Kier molecular flexibility index (Phi) is 6.63. The topological polar surface area (TPSA) is 24.5 Å². The third-order valence-electron chi connectivity index (χ3n) is 3.41. The first-order chi connectivity index (χ1) is 11.2. The maximum Gasteiger partial charge on any atom is 0.169 e. The van der Waals surface area contributed by atoms with Crippen molar-refractivity contribution in [2.24, 2.45) is 0 Å². The van der Waals surface area contributed by atoms with E-state index in [1.54, 1.807) is 13.2 Å². The van der Waals surface area contributed by atoms with Gasteiger partial charge in [-0.05, 0) is 35.5 Å². The van der Waals surface area contributed by atoms with Gasteiger partial charge >= 0.3 is 0 Å². The van der Waals surface area contributed by atoms with E-state index < -0.39 is 0 Å². The van der Waals surface area contributed by atoms with E-state index in [0.29, 0.717) is 6.54 Å². The molecule has 0 aliphatic carbocycles. The fourth-order valence-electron chi connectivity index (χ4n) is 2.27. The first-order valence-electron chi connectivity index (χ1n) is 7.53. The van der Waals surface area contributed by atoms with Crippen LogP contribution in [0.25, 0.3) is 0 Å². The van der Waals surface area contributed by atoms with Crippen molar-refractivity contribution < 1.29 is 4.74 Å². The van der Waals surface area contributed by atoms with Gasteiger partial charge in [-0.2, -0.15) is 0 Å². The number of nitrogens with one attached hydrogen (secondary N) is 1. The highest BCUT2D eigenvalue weighted by Gasteiger charge is 2.11. The molecule has 0 amide bonds. The van der Waals surface area contributed by atoms with Crippen LogP contribution in [-0.4, -0.2) is 23.7 Å². The van der Waals surface area contributed by atoms with Crippen molar-refractivity contribution in [2.75, 3.05) is 13.7 Å². The summed E-state index contributed by atoms with van der Waals surface area (Å²) in [5, 5.41) is 3.93. The minimum absolute atomic E-state index is 0.655. The van der Waals surface area contributed by atoms with Gasteiger partial charge in [0, 0.05) is 19.6 Å². The highest BCUT2D eigenvalue weighted by molar-refractivity contribution is 7.80. The molecule has 3 nitrogen and oxygen atoms in total. The molecule has 2 aromatic carbocycles. The minimum Gasteiger partial charge on any atom is -0.497 e. The molecular weight excluding hydrogens is 304 g/mol. The van der Waals surface area contributed by atoms with Crippen molar-refractivity contribution in [3.05, 3.63) is 78.4 Å². The number of benzene rings is 2. The summed E-state index contributed by atoms with van der Waals surface area (Å²) in [7, 11) is 1.68. The van der Waals surface area contributed by atoms with Crippen molar-refractivity contribution in [2.45, 2.75) is 13.1 Å². The molecular formula is C19H22N2OS. The molecule has 4 heteroatoms. The van der Waals surface area contributed by atoms with Gasteiger partial charge in [-0.3, -0.25) is 0 Å². The Morgan fingerprint density at radius 1 is 1.13 bits per heavy atom. The normalized spacial score (nSPS) is 9.96. The minimum atomic E-state index is 0.655. The van der Waals surface area contributed by atoms with Crippen LogP contribution in [0, 0.1) is 0 Å². The van der Waals surface area contributed by atoms with Crippen LogP contribution in [-0.2, 0) is 13.1 Å². The van der Waals surface area contributed by atoms with Gasteiger partial charge in [0.2, 0.25) is 0 Å². The molecule has 0 heterocycles. The first-order valence-corrected chi connectivity index (χ1v) is 7.94. The molecule has 0 spiro atoms. The summed E-state index contributed by atoms with van der Waals surface area (Å²) in [6.07, 6.45) is 1.80. The zero-order valence-electron chi connectivity index (χ0n) is 13.4. The average molecular weight is 326 g/mol. The smallest absolute Gasteiger partial charge is 0.169 e. The Morgan fingerprint density at radius 3 is 2.52 bits per heavy atom. The number of hydrogen-bond acceptors (Lipinski definition) is 2. The monoisotopic (exact) mass is 326 g/mol. The molecule has 0 atom stereocenters. The number of thiocarbonyl (C=S) groups is 1. The van der Waals surface area contributed by atoms with Gasteiger partial charge in [-0.25, -0.2) is 0 Å². The Balaban J connectivity index is 2.14. The molecule has 0 unspecified atom stereocenters. The van der Waals surface area contributed by atoms with Crippen LogP contribution in [0.2, 0.25) is 0 Å². The zero-order chi connectivity index (χ0) is 16.5. The van der Waals surface area contributed by atoms with E-state index in [1.807, 2.05) is 36.4 Å². The molecule has 0 aromatic heterocycles. The lowest BCUT2D eigenvalue weighted by atomic mass is 10.1. The highest BCUT2D eigenvalue weighted by atomic mass is 32.1. The molecule has 0 aliphatic heterocycles. The summed E-state index contributed by atoms with van der Waals surface area (Å²) in [5.74, 6) is 0.854. The van der Waals surface area contributed by atoms with Crippen molar-refractivity contribution in [1.82, 2.24) is 10.2 Å². The van der Waals surface area contributed by atoms with Gasteiger partial charge in [0.05, 0.1) is 7.11 Å². The van der Waals surface area contributed by atoms with E-state index in [0.717, 1.165) is 29.5 Å². The van der Waals surface area contributed by atoms with Crippen LogP contribution in [0.15, 0.2) is 67.3 Å². The SMILES string of the molecule is C=CCNC(=S)N(Cc1ccccc1)Cc1cccc(OC)c1. The third-order valence-corrected chi connectivity index (χ3v) is 3.81. The quantitative estimate of drug-likeness (QED) is 0.618. The molecule has 2 rings (SSSR count). The molecule has 120 valence electrons. The number of nitrogens with zero attached hydrogens (tertiary/aromatic N) is 1. The van der Waals surface area contributed by atoms with E-state index in [4.69, 9.17) is 17.0 Å². The Bertz CT molecular complexity index is 643. The summed E-state index contributed by atoms with van der Waals surface area (Å²) in [5.41, 5.74) is 2.38. The number of ether oxygens (including phenoxy) is 1. The van der Waals surface area contributed by atoms with Crippen LogP contribution >= 0.6 is 12.2 Å². The average Bonchev–Trinajstić information content (AvgIpc) is 2.60. The van der Waals surface area contributed by atoms with Crippen LogP contribution < -0.4 is 10.1 Å². The molecule has 1 N–H and O–H groups in total. The van der Waals surface area contributed by atoms with Crippen molar-refractivity contribution in [3.63, 3.8) is 0 Å². The lowest BCUT2D eigenvalue weighted by Gasteiger charge is -2.26. The van der Waals surface area contributed by atoms with E-state index in [1.165, 1.54) is 5.56 Å². The summed E-state index contributed by atoms with van der Waals surface area (Å²) in [6.45, 7) is 5.85. The Labute approximate surface area is 143 Å². The van der Waals surface area contributed by atoms with E-state index in [2.05, 4.69) is 35.0 Å². The van der Waals surface area contributed by atoms with Crippen LogP contribution in [0.1, 0.15) is 11.1 Å². The van der Waals surface area contributed by atoms with E-state index in [-0.39, 0.29) is 0 Å². The van der Waals surface area contributed by atoms with Crippen LogP contribution in [0.3, 0.4) is 0 Å². The summed E-state index contributed by atoms with van der Waals surface area (Å²) >= 11 is 5.54. The molecule has 0 saturated carbocycles. The fraction of sp³-hybridized carbons (Fsp3) is 0.211. The highest BCUT2D eigenvalue weighted by Crippen LogP contribution is 2.16. The third kappa shape index (κ3) is 5.42. The van der Waals surface area contributed by atoms with Crippen molar-refractivity contribution >= 4 is 17.3 Å². The lowest BCUT2D eigenvalue weighted by Crippen LogP contribution is -2.38. The predicted octanol–water partition coefficient (Wildman–Crippen LogP) is 3.76. The zero-order valence-corrected chi connectivity index (χ0v) is 14.2. The number of rotatable bonds is 7. The second-order valence-electron chi connectivity index (χ2n) is 5.17. The van der Waals surface area contributed by atoms with Crippen LogP contribution in [0.4, 0.5) is 0 Å². The van der Waals surface area contributed by atoms with Crippen molar-refractivity contribution in [1.29, 1.82) is 0 Å². The van der Waals surface area contributed by atoms with Gasteiger partial charge in [0.25, 0.3) is 0 Å². The molecule has 2 aromatic rings. The lowest BCUT2D eigenvalue weighted by molar-refractivity contribution is 0.394. The largest absolute Gasteiger partial charge is 0.497 e. The van der Waals surface area contributed by atoms with E-state index >= 15 is 0 Å². The summed E-state index contributed by atoms with van der Waals surface area (Å²) < 4.78 is 5.30. The Hall–Kier alpha value is -2.33. The predicted molar refractivity (Wildman–Crippen MR) is 99.5 cm³/mol. The molecule has 0 radical (unpaired) electrons. The van der Waals surface area contributed by atoms with E-state index in [9.17, 15) is 0 Å². The first kappa shape index (κ1) is 17.0. The Morgan fingerprint density at radius 2 is 1.83 bits per heavy atom. The van der Waals surface area contributed by atoms with Crippen LogP contribution in [0.5, 0.6) is 5.75 Å². The fourth-order valence-corrected chi connectivity index (χ4v) is 2.48. The molecule has 23 heavy (non-hydrogen) atoms. The maximum absolute atomic E-state index is 5.54. The van der Waals surface area contributed by atoms with Gasteiger partial charge < -0.3 is 15.0 Å².